The first kappa shape index (κ1) is 237. The smallest absolute Gasteiger partial charge is 0.693 e. The molecule has 8 heteroatoms. The van der Waals surface area contributed by atoms with Crippen LogP contribution in [0.15, 0.2) is 0 Å². The van der Waals surface area contributed by atoms with Gasteiger partial charge in [-0.3, -0.25) is 0 Å². The summed E-state index contributed by atoms with van der Waals surface area (Å²) in [5.41, 5.74) is 0. The molecule has 8 N–H and O–H groups in total. The van der Waals surface area contributed by atoms with Crippen LogP contribution in [0.4, 0.5) is 0 Å². The van der Waals surface area contributed by atoms with E-state index in [2.05, 4.69) is 55.4 Å². The molecule has 0 saturated carbocycles. The van der Waals surface area contributed by atoms with E-state index in [0.29, 0.717) is 0 Å². The van der Waals surface area contributed by atoms with Crippen molar-refractivity contribution in [3.63, 3.8) is 0 Å². The summed E-state index contributed by atoms with van der Waals surface area (Å²) in [5.74, 6) is 0. The third kappa shape index (κ3) is 3030. The van der Waals surface area contributed by atoms with Crippen LogP contribution in [0.1, 0.15) is 55.4 Å². The molecule has 176 valence electrons. The van der Waals surface area contributed by atoms with Crippen LogP contribution >= 0.6 is 0 Å². The van der Waals surface area contributed by atoms with Crippen molar-refractivity contribution in [3.8, 4) is 0 Å². The quantitative estimate of drug-likeness (QED) is 0.210. The average Bonchev–Trinajstić information content (AvgIpc) is 2.54. The summed E-state index contributed by atoms with van der Waals surface area (Å²) in [5, 5.41) is 0. The van der Waals surface area contributed by atoms with Crippen LogP contribution in [0.3, 0.4) is 0 Å². The Morgan fingerprint density at radius 1 is 0.214 bits per heavy atom. The van der Waals surface area contributed by atoms with Gasteiger partial charge in [0, 0.05) is 0 Å². The Kier molecular flexibility index (Phi) is 28400. The van der Waals surface area contributed by atoms with Gasteiger partial charge >= 0.3 is 86.9 Å². The summed E-state index contributed by atoms with van der Waals surface area (Å²) in [6.45, 7) is 40.0. The number of hydrogen-bond acceptors (Lipinski definition) is 0. The predicted molar refractivity (Wildman–Crippen MR) is 135 cm³/mol. The first-order valence-corrected chi connectivity index (χ1v) is 5.66. The van der Waals surface area contributed by atoms with Gasteiger partial charge in [0.2, 0.25) is 0 Å². The molecule has 0 spiro atoms. The van der Waals surface area contributed by atoms with Gasteiger partial charge in [-0.1, -0.05) is 0 Å². The topological polar surface area (TPSA) is 134 Å². The summed E-state index contributed by atoms with van der Waals surface area (Å²) in [6, 6.07) is 0. The van der Waals surface area contributed by atoms with Crippen LogP contribution in [-0.4, -0.2) is 0 Å². The zero-order valence-electron chi connectivity index (χ0n) is 22.0. The predicted octanol–water partition coefficient (Wildman–Crippen LogP) is 11.4. The maximum absolute atomic E-state index is 3.25. The van der Waals surface area contributed by atoms with Gasteiger partial charge in [0.1, 0.15) is 0 Å². The average molecular weight is 548 g/mol. The molecule has 0 rings (SSSR count). The monoisotopic (exact) mass is 548 g/mol. The number of hydrogen-bond donors (Lipinski definition) is 0. The maximum atomic E-state index is 3.25. The van der Waals surface area contributed by atoms with Gasteiger partial charge in [-0.25, -0.2) is 0 Å². The molecule has 0 aromatic rings. The van der Waals surface area contributed by atoms with Crippen LogP contribution in [-0.2, 0) is 86.9 Å². The first-order valence-electron chi connectivity index (χ1n) is 5.66. The Balaban J connectivity index is -0.00000000137. The van der Waals surface area contributed by atoms with Crippen molar-refractivity contribution < 1.29 is 86.9 Å². The Bertz CT molecular complexity index is 32.2. The zero-order valence-corrected chi connectivity index (χ0v) is 28.2. The van der Waals surface area contributed by atoms with Crippen LogP contribution in [0.5, 0.6) is 0 Å². The first-order chi connectivity index (χ1) is 8.00. The Labute approximate surface area is 249 Å². The van der Waals surface area contributed by atoms with Crippen molar-refractivity contribution in [1.82, 2.24) is 0 Å². The van der Waals surface area contributed by atoms with Crippen molar-refractivity contribution in [1.29, 1.82) is 0 Å². The molecule has 0 aliphatic heterocycles. The summed E-state index contributed by atoms with van der Waals surface area (Å²) in [7, 11) is 0. The SMILES string of the molecule is [CH2-]C.[CH2-]C.[CH2-]C.[CH2-]C.[CH2-]C.[CH2-]C.[CH2-]C.[CH2-]C.[CH3-].[CH3-].[CH3-].[CH3-].[NH2-].[NH2-].[NH2-].[NH2-].[Ti+4].[Ti+4].[Ti+4].[Ti+4]. The van der Waals surface area contributed by atoms with Gasteiger partial charge in [0.05, 0.1) is 0 Å². The van der Waals surface area contributed by atoms with E-state index in [-0.39, 0.29) is 141 Å². The molecule has 0 aromatic carbocycles. The normalized spacial score (nSPS) is 1.71. The zero-order chi connectivity index (χ0) is 16.0. The largest absolute Gasteiger partial charge is 4.00 e. The Morgan fingerprint density at radius 3 is 0.214 bits per heavy atom. The molecule has 0 unspecified atom stereocenters. The fraction of sp³-hybridized carbons (Fsp3) is 0.400. The van der Waals surface area contributed by atoms with E-state index in [1.165, 1.54) is 0 Å². The van der Waals surface area contributed by atoms with E-state index >= 15 is 0 Å². The maximum Gasteiger partial charge on any atom is 4.00 e. The standard InChI is InChI=1S/8C2H5.4CH3.4H2N.4Ti/c8*1-2;;;;;;;;;;;;/h8*1H2,2H3;4*1H3;4*1H2;;;;/q16*-1;4*+4. The Hall–Kier alpha value is 2.70. The van der Waals surface area contributed by atoms with Crippen molar-refractivity contribution in [3.05, 3.63) is 110 Å². The molecule has 4 nitrogen and oxygen atoms in total. The van der Waals surface area contributed by atoms with E-state index in [0.717, 1.165) is 0 Å². The third-order valence-corrected chi connectivity index (χ3v) is 0. The molecule has 0 aliphatic rings. The summed E-state index contributed by atoms with van der Waals surface area (Å²) >= 11 is 0. The molecular formula is C20H60N4Ti4. The minimum absolute atomic E-state index is 0. The third-order valence-electron chi connectivity index (χ3n) is 0. The van der Waals surface area contributed by atoms with Crippen molar-refractivity contribution in [2.75, 3.05) is 0 Å². The van der Waals surface area contributed by atoms with E-state index in [1.54, 1.807) is 55.4 Å². The van der Waals surface area contributed by atoms with Crippen LogP contribution < -0.4 is 0 Å². The Morgan fingerprint density at radius 2 is 0.214 bits per heavy atom. The fourth-order valence-corrected chi connectivity index (χ4v) is 0. The van der Waals surface area contributed by atoms with Crippen LogP contribution in [0, 0.1) is 85.1 Å². The van der Waals surface area contributed by atoms with E-state index in [9.17, 15) is 0 Å². The summed E-state index contributed by atoms with van der Waals surface area (Å²) in [6.07, 6.45) is 0. The molecule has 28 heavy (non-hydrogen) atoms. The number of nitrogens with two attached hydrogens (primary N) is 4. The molecule has 0 saturated heterocycles. The molecule has 0 aromatic heterocycles. The van der Waals surface area contributed by atoms with Gasteiger partial charge < -0.3 is 110 Å². The molecule has 0 fully saturated rings. The molecule has 0 heterocycles. The van der Waals surface area contributed by atoms with Gasteiger partial charge in [-0.05, 0) is 0 Å². The second kappa shape index (κ2) is 3360. The van der Waals surface area contributed by atoms with Gasteiger partial charge in [-0.2, -0.15) is 55.4 Å². The van der Waals surface area contributed by atoms with Crippen molar-refractivity contribution in [2.45, 2.75) is 55.4 Å². The van der Waals surface area contributed by atoms with Gasteiger partial charge in [0.15, 0.2) is 0 Å². The molecule has 0 bridgehead atoms. The fourth-order valence-electron chi connectivity index (χ4n) is 0. The molecule has 0 aliphatic carbocycles. The number of rotatable bonds is 0. The molecule has 0 radical (unpaired) electrons. The van der Waals surface area contributed by atoms with Crippen LogP contribution in [0.25, 0.3) is 24.6 Å². The second-order valence-electron chi connectivity index (χ2n) is 0. The van der Waals surface area contributed by atoms with E-state index in [4.69, 9.17) is 0 Å². The van der Waals surface area contributed by atoms with Gasteiger partial charge in [-0.15, -0.1) is 0 Å². The van der Waals surface area contributed by atoms with Crippen molar-refractivity contribution >= 4 is 0 Å². The second-order valence-corrected chi connectivity index (χ2v) is 0. The summed E-state index contributed by atoms with van der Waals surface area (Å²) in [4.78, 5) is 0. The molecule has 0 amide bonds. The molecule has 0 atom stereocenters. The minimum Gasteiger partial charge on any atom is -0.693 e. The van der Waals surface area contributed by atoms with Crippen molar-refractivity contribution in [2.24, 2.45) is 0 Å². The minimum atomic E-state index is 0. The van der Waals surface area contributed by atoms with E-state index < -0.39 is 0 Å². The van der Waals surface area contributed by atoms with Crippen LogP contribution in [0.2, 0.25) is 0 Å². The molecular weight excluding hydrogens is 488 g/mol. The summed E-state index contributed by atoms with van der Waals surface area (Å²) < 4.78 is 0. The van der Waals surface area contributed by atoms with E-state index in [1.807, 2.05) is 0 Å². The van der Waals surface area contributed by atoms with Gasteiger partial charge in [0.25, 0.3) is 0 Å².